The van der Waals surface area contributed by atoms with E-state index in [2.05, 4.69) is 9.44 Å². The van der Waals surface area contributed by atoms with E-state index in [1.807, 2.05) is 0 Å². The number of ether oxygens (including phenoxy) is 2. The van der Waals surface area contributed by atoms with Crippen molar-refractivity contribution in [2.45, 2.75) is 25.9 Å². The lowest BCUT2D eigenvalue weighted by atomic mass is 10.1. The van der Waals surface area contributed by atoms with Gasteiger partial charge in [-0.1, -0.05) is 12.1 Å². The summed E-state index contributed by atoms with van der Waals surface area (Å²) in [5.74, 6) is -0.0449. The van der Waals surface area contributed by atoms with Crippen molar-refractivity contribution in [2.75, 3.05) is 26.1 Å². The van der Waals surface area contributed by atoms with Crippen molar-refractivity contribution in [3.8, 4) is 5.75 Å². The predicted octanol–water partition coefficient (Wildman–Crippen LogP) is 3.12. The van der Waals surface area contributed by atoms with Gasteiger partial charge in [0.25, 0.3) is 0 Å². The maximum atomic E-state index is 13.1. The SMILES string of the molecule is CCCS(=O)(=O)O/N=C(/c1ccc(OCCCOC)cc1)C(F)(F)F. The van der Waals surface area contributed by atoms with Gasteiger partial charge < -0.3 is 9.47 Å². The summed E-state index contributed by atoms with van der Waals surface area (Å²) in [6.07, 6.45) is -4.03. The molecular weight excluding hydrogens is 363 g/mol. The number of hydrogen-bond donors (Lipinski definition) is 0. The van der Waals surface area contributed by atoms with Crippen molar-refractivity contribution in [3.63, 3.8) is 0 Å². The predicted molar refractivity (Wildman–Crippen MR) is 86.2 cm³/mol. The zero-order valence-corrected chi connectivity index (χ0v) is 14.7. The smallest absolute Gasteiger partial charge is 0.437 e. The monoisotopic (exact) mass is 383 g/mol. The van der Waals surface area contributed by atoms with Crippen LogP contribution in [-0.4, -0.2) is 46.4 Å². The molecule has 1 aromatic carbocycles. The molecule has 0 heterocycles. The number of alkyl halides is 3. The lowest BCUT2D eigenvalue weighted by Gasteiger charge is -2.11. The van der Waals surface area contributed by atoms with Crippen LogP contribution in [0.1, 0.15) is 25.3 Å². The summed E-state index contributed by atoms with van der Waals surface area (Å²) in [5, 5.41) is 2.82. The van der Waals surface area contributed by atoms with Crippen molar-refractivity contribution in [1.29, 1.82) is 0 Å². The van der Waals surface area contributed by atoms with Crippen LogP contribution in [0.25, 0.3) is 0 Å². The Morgan fingerprint density at radius 1 is 1.16 bits per heavy atom. The fourth-order valence-corrected chi connectivity index (χ4v) is 2.51. The van der Waals surface area contributed by atoms with E-state index in [1.54, 1.807) is 14.0 Å². The maximum Gasteiger partial charge on any atom is 0.437 e. The van der Waals surface area contributed by atoms with E-state index in [1.165, 1.54) is 12.1 Å². The van der Waals surface area contributed by atoms with Gasteiger partial charge in [0.05, 0.1) is 12.4 Å². The molecule has 142 valence electrons. The second-order valence-corrected chi connectivity index (χ2v) is 6.67. The van der Waals surface area contributed by atoms with Gasteiger partial charge in [-0.2, -0.15) is 21.6 Å². The van der Waals surface area contributed by atoms with Crippen molar-refractivity contribution in [1.82, 2.24) is 0 Å². The van der Waals surface area contributed by atoms with Crippen LogP contribution in [0, 0.1) is 0 Å². The third-order valence-electron chi connectivity index (χ3n) is 2.85. The van der Waals surface area contributed by atoms with Gasteiger partial charge in [0.15, 0.2) is 5.71 Å². The molecule has 10 heteroatoms. The number of benzene rings is 1. The highest BCUT2D eigenvalue weighted by atomic mass is 32.2. The van der Waals surface area contributed by atoms with Crippen LogP contribution in [0.4, 0.5) is 13.2 Å². The maximum absolute atomic E-state index is 13.1. The van der Waals surface area contributed by atoms with Gasteiger partial charge in [0, 0.05) is 25.7 Å². The zero-order valence-electron chi connectivity index (χ0n) is 13.9. The highest BCUT2D eigenvalue weighted by molar-refractivity contribution is 7.86. The lowest BCUT2D eigenvalue weighted by molar-refractivity contribution is -0.0597. The molecule has 0 saturated heterocycles. The summed E-state index contributed by atoms with van der Waals surface area (Å²) in [4.78, 5) is 0. The average molecular weight is 383 g/mol. The second-order valence-electron chi connectivity index (χ2n) is 4.99. The first-order chi connectivity index (χ1) is 11.7. The normalized spacial score (nSPS) is 12.9. The van der Waals surface area contributed by atoms with Crippen molar-refractivity contribution < 1.29 is 35.3 Å². The van der Waals surface area contributed by atoms with E-state index in [-0.39, 0.29) is 12.0 Å². The number of rotatable bonds is 10. The van der Waals surface area contributed by atoms with Crippen LogP contribution in [0.15, 0.2) is 29.4 Å². The molecular formula is C15H20F3NO5S. The van der Waals surface area contributed by atoms with Gasteiger partial charge in [-0.25, -0.2) is 0 Å². The van der Waals surface area contributed by atoms with Crippen LogP contribution < -0.4 is 4.74 Å². The first-order valence-electron chi connectivity index (χ1n) is 7.48. The molecule has 0 N–H and O–H groups in total. The molecule has 25 heavy (non-hydrogen) atoms. The molecule has 0 spiro atoms. The summed E-state index contributed by atoms with van der Waals surface area (Å²) < 4.78 is 76.4. The first-order valence-corrected chi connectivity index (χ1v) is 9.06. The molecule has 0 fully saturated rings. The summed E-state index contributed by atoms with van der Waals surface area (Å²) in [6.45, 7) is 2.42. The summed E-state index contributed by atoms with van der Waals surface area (Å²) >= 11 is 0. The van der Waals surface area contributed by atoms with Gasteiger partial charge in [-0.05, 0) is 30.7 Å². The third-order valence-corrected chi connectivity index (χ3v) is 4.06. The Kier molecular flexibility index (Phi) is 8.17. The Hall–Kier alpha value is -1.81. The van der Waals surface area contributed by atoms with E-state index in [0.717, 1.165) is 12.1 Å². The van der Waals surface area contributed by atoms with Gasteiger partial charge in [0.1, 0.15) is 5.75 Å². The molecule has 0 aliphatic heterocycles. The second kappa shape index (κ2) is 9.62. The highest BCUT2D eigenvalue weighted by Gasteiger charge is 2.38. The number of methoxy groups -OCH3 is 1. The number of oxime groups is 1. The summed E-state index contributed by atoms with van der Waals surface area (Å²) in [6, 6.07) is 4.94. The topological polar surface area (TPSA) is 74.2 Å². The van der Waals surface area contributed by atoms with Crippen LogP contribution in [-0.2, 0) is 19.1 Å². The number of nitrogens with zero attached hydrogens (tertiary/aromatic N) is 1. The van der Waals surface area contributed by atoms with E-state index in [4.69, 9.17) is 9.47 Å². The Morgan fingerprint density at radius 2 is 1.80 bits per heavy atom. The summed E-state index contributed by atoms with van der Waals surface area (Å²) in [7, 11) is -2.59. The van der Waals surface area contributed by atoms with E-state index >= 15 is 0 Å². The third kappa shape index (κ3) is 7.74. The minimum Gasteiger partial charge on any atom is -0.494 e. The van der Waals surface area contributed by atoms with Crippen LogP contribution in [0.2, 0.25) is 0 Å². The fraction of sp³-hybridized carbons (Fsp3) is 0.533. The van der Waals surface area contributed by atoms with Crippen LogP contribution in [0.3, 0.4) is 0 Å². The molecule has 1 rings (SSSR count). The van der Waals surface area contributed by atoms with Crippen molar-refractivity contribution in [3.05, 3.63) is 29.8 Å². The van der Waals surface area contributed by atoms with E-state index in [9.17, 15) is 21.6 Å². The Balaban J connectivity index is 2.90. The van der Waals surface area contributed by atoms with Crippen LogP contribution in [0.5, 0.6) is 5.75 Å². The lowest BCUT2D eigenvalue weighted by Crippen LogP contribution is -2.25. The molecule has 0 unspecified atom stereocenters. The Labute approximate surface area is 144 Å². The molecule has 1 aromatic rings. The highest BCUT2D eigenvalue weighted by Crippen LogP contribution is 2.24. The molecule has 0 atom stereocenters. The van der Waals surface area contributed by atoms with Gasteiger partial charge in [-0.3, -0.25) is 4.28 Å². The fourth-order valence-electron chi connectivity index (χ4n) is 1.75. The van der Waals surface area contributed by atoms with Gasteiger partial charge in [0.2, 0.25) is 0 Å². The van der Waals surface area contributed by atoms with E-state index < -0.39 is 27.8 Å². The molecule has 0 aromatic heterocycles. The van der Waals surface area contributed by atoms with Gasteiger partial charge >= 0.3 is 16.3 Å². The first kappa shape index (κ1) is 21.2. The average Bonchev–Trinajstić information content (AvgIpc) is 2.51. The van der Waals surface area contributed by atoms with E-state index in [0.29, 0.717) is 25.4 Å². The zero-order chi connectivity index (χ0) is 18.9. The molecule has 0 bridgehead atoms. The van der Waals surface area contributed by atoms with Crippen molar-refractivity contribution in [2.24, 2.45) is 5.16 Å². The number of halogens is 3. The minimum atomic E-state index is -4.87. The molecule has 0 amide bonds. The standard InChI is InChI=1S/C15H20F3NO5S/c1-3-11-25(20,21)24-19-14(15(16,17)18)12-5-7-13(8-6-12)23-10-4-9-22-2/h5-8H,3-4,9-11H2,1-2H3/b19-14-. The molecule has 0 aliphatic carbocycles. The van der Waals surface area contributed by atoms with Gasteiger partial charge in [-0.15, -0.1) is 0 Å². The Morgan fingerprint density at radius 3 is 2.32 bits per heavy atom. The summed E-state index contributed by atoms with van der Waals surface area (Å²) in [5.41, 5.74) is -1.76. The Bertz CT molecular complexity index is 657. The number of hydrogen-bond acceptors (Lipinski definition) is 6. The minimum absolute atomic E-state index is 0.203. The molecule has 6 nitrogen and oxygen atoms in total. The molecule has 0 aliphatic rings. The van der Waals surface area contributed by atoms with Crippen LogP contribution >= 0.6 is 0 Å². The quantitative estimate of drug-likeness (QED) is 0.353. The molecule has 0 saturated carbocycles. The largest absolute Gasteiger partial charge is 0.494 e. The van der Waals surface area contributed by atoms with Crippen molar-refractivity contribution >= 4 is 15.8 Å². The molecule has 0 radical (unpaired) electrons.